The largest absolute Gasteiger partial charge is 0.450 e. The lowest BCUT2D eigenvalue weighted by Gasteiger charge is -2.37. The van der Waals surface area contributed by atoms with Crippen LogP contribution in [0, 0.1) is 0 Å². The molecule has 3 rings (SSSR count). The summed E-state index contributed by atoms with van der Waals surface area (Å²) in [7, 11) is 0. The number of ether oxygens (including phenoxy) is 1. The fraction of sp³-hybridized carbons (Fsp3) is 0.538. The highest BCUT2D eigenvalue weighted by Crippen LogP contribution is 2.43. The van der Waals surface area contributed by atoms with Crippen LogP contribution in [0.15, 0.2) is 18.5 Å². The Balaban J connectivity index is 1.93. The lowest BCUT2D eigenvalue weighted by Crippen LogP contribution is -2.42. The number of pyridine rings is 1. The highest BCUT2D eigenvalue weighted by molar-refractivity contribution is 5.94. The lowest BCUT2D eigenvalue weighted by atomic mass is 9.85. The van der Waals surface area contributed by atoms with Crippen molar-refractivity contribution < 1.29 is 9.53 Å². The SMILES string of the molecule is CCN1CCC2(CC1)OC(=O)c1ccncc12. The van der Waals surface area contributed by atoms with Gasteiger partial charge in [-0.15, -0.1) is 0 Å². The smallest absolute Gasteiger partial charge is 0.339 e. The summed E-state index contributed by atoms with van der Waals surface area (Å²) in [5, 5.41) is 0. The van der Waals surface area contributed by atoms with Gasteiger partial charge in [0.25, 0.3) is 0 Å². The van der Waals surface area contributed by atoms with Crippen LogP contribution in [0.2, 0.25) is 0 Å². The number of carbonyl (C=O) groups excluding carboxylic acids is 1. The van der Waals surface area contributed by atoms with Gasteiger partial charge in [0, 0.05) is 43.9 Å². The number of carbonyl (C=O) groups is 1. The second-order valence-electron chi connectivity index (χ2n) is 4.74. The number of hydrogen-bond acceptors (Lipinski definition) is 4. The first-order valence-corrected chi connectivity index (χ1v) is 6.15. The molecular weight excluding hydrogens is 216 g/mol. The predicted octanol–water partition coefficient (Wildman–Crippen LogP) is 1.56. The molecule has 0 radical (unpaired) electrons. The molecule has 17 heavy (non-hydrogen) atoms. The predicted molar refractivity (Wildman–Crippen MR) is 62.7 cm³/mol. The summed E-state index contributed by atoms with van der Waals surface area (Å²) < 4.78 is 5.65. The van der Waals surface area contributed by atoms with Crippen molar-refractivity contribution in [2.45, 2.75) is 25.4 Å². The van der Waals surface area contributed by atoms with Crippen molar-refractivity contribution in [3.8, 4) is 0 Å². The fourth-order valence-electron chi connectivity index (χ4n) is 2.82. The van der Waals surface area contributed by atoms with Crippen LogP contribution in [-0.2, 0) is 10.3 Å². The molecule has 4 heteroatoms. The first-order chi connectivity index (χ1) is 8.25. The average Bonchev–Trinajstić information content (AvgIpc) is 2.65. The number of piperidine rings is 1. The Morgan fingerprint density at radius 3 is 2.94 bits per heavy atom. The zero-order valence-corrected chi connectivity index (χ0v) is 9.98. The Morgan fingerprint density at radius 2 is 2.24 bits per heavy atom. The highest BCUT2D eigenvalue weighted by Gasteiger charge is 2.47. The molecule has 0 unspecified atom stereocenters. The van der Waals surface area contributed by atoms with Gasteiger partial charge >= 0.3 is 5.97 Å². The highest BCUT2D eigenvalue weighted by atomic mass is 16.6. The summed E-state index contributed by atoms with van der Waals surface area (Å²) in [4.78, 5) is 18.3. The number of aromatic nitrogens is 1. The van der Waals surface area contributed by atoms with Crippen molar-refractivity contribution in [3.05, 3.63) is 29.6 Å². The van der Waals surface area contributed by atoms with E-state index in [9.17, 15) is 4.79 Å². The summed E-state index contributed by atoms with van der Waals surface area (Å²) in [6, 6.07) is 1.76. The molecule has 0 aliphatic carbocycles. The molecule has 1 fully saturated rings. The summed E-state index contributed by atoms with van der Waals surface area (Å²) in [6.45, 7) is 5.19. The number of rotatable bonds is 1. The zero-order chi connectivity index (χ0) is 11.9. The Hall–Kier alpha value is -1.42. The third-order valence-electron chi connectivity index (χ3n) is 3.93. The topological polar surface area (TPSA) is 42.4 Å². The molecule has 2 aliphatic heterocycles. The number of likely N-dealkylation sites (tertiary alicyclic amines) is 1. The van der Waals surface area contributed by atoms with E-state index in [1.54, 1.807) is 18.5 Å². The molecule has 1 saturated heterocycles. The fourth-order valence-corrected chi connectivity index (χ4v) is 2.82. The average molecular weight is 232 g/mol. The van der Waals surface area contributed by atoms with E-state index in [4.69, 9.17) is 4.74 Å². The standard InChI is InChI=1S/C13H16N2O2/c1-2-15-7-4-13(5-8-15)11-9-14-6-3-10(11)12(16)17-13/h3,6,9H,2,4-5,7-8H2,1H3. The zero-order valence-electron chi connectivity index (χ0n) is 9.98. The van der Waals surface area contributed by atoms with Crippen LogP contribution in [0.3, 0.4) is 0 Å². The van der Waals surface area contributed by atoms with Crippen LogP contribution in [-0.4, -0.2) is 35.5 Å². The summed E-state index contributed by atoms with van der Waals surface area (Å²) in [5.41, 5.74) is 1.29. The Labute approximate surface area is 101 Å². The van der Waals surface area contributed by atoms with Crippen LogP contribution in [0.4, 0.5) is 0 Å². The van der Waals surface area contributed by atoms with Crippen LogP contribution < -0.4 is 0 Å². The summed E-state index contributed by atoms with van der Waals surface area (Å²) in [5.74, 6) is -0.188. The third-order valence-corrected chi connectivity index (χ3v) is 3.93. The molecule has 0 saturated carbocycles. The number of nitrogens with zero attached hydrogens (tertiary/aromatic N) is 2. The van der Waals surface area contributed by atoms with Crippen molar-refractivity contribution in [2.75, 3.05) is 19.6 Å². The molecule has 1 spiro atoms. The van der Waals surface area contributed by atoms with Gasteiger partial charge in [-0.1, -0.05) is 6.92 Å². The molecule has 0 bridgehead atoms. The van der Waals surface area contributed by atoms with E-state index in [0.29, 0.717) is 5.56 Å². The van der Waals surface area contributed by atoms with E-state index >= 15 is 0 Å². The lowest BCUT2D eigenvalue weighted by molar-refractivity contribution is -0.0422. The number of hydrogen-bond donors (Lipinski definition) is 0. The Kier molecular flexibility index (Phi) is 2.40. The molecule has 2 aliphatic rings. The second kappa shape index (κ2) is 3.81. The Morgan fingerprint density at radius 1 is 1.47 bits per heavy atom. The maximum absolute atomic E-state index is 11.8. The van der Waals surface area contributed by atoms with E-state index in [-0.39, 0.29) is 5.97 Å². The van der Waals surface area contributed by atoms with Crippen molar-refractivity contribution in [1.82, 2.24) is 9.88 Å². The molecule has 0 atom stereocenters. The van der Waals surface area contributed by atoms with Gasteiger partial charge in [-0.05, 0) is 12.6 Å². The normalized spacial score (nSPS) is 22.5. The Bertz CT molecular complexity index is 450. The molecule has 0 N–H and O–H groups in total. The van der Waals surface area contributed by atoms with E-state index in [0.717, 1.165) is 38.0 Å². The minimum Gasteiger partial charge on any atom is -0.450 e. The first kappa shape index (κ1) is 10.7. The van der Waals surface area contributed by atoms with Crippen LogP contribution in [0.1, 0.15) is 35.7 Å². The monoisotopic (exact) mass is 232 g/mol. The molecule has 0 aromatic carbocycles. The molecule has 0 amide bonds. The second-order valence-corrected chi connectivity index (χ2v) is 4.74. The maximum Gasteiger partial charge on any atom is 0.339 e. The van der Waals surface area contributed by atoms with Crippen molar-refractivity contribution in [2.24, 2.45) is 0 Å². The van der Waals surface area contributed by atoms with E-state index in [1.165, 1.54) is 0 Å². The molecule has 4 nitrogen and oxygen atoms in total. The maximum atomic E-state index is 11.8. The molecule has 3 heterocycles. The van der Waals surface area contributed by atoms with Gasteiger partial charge in [0.05, 0.1) is 5.56 Å². The minimum atomic E-state index is -0.396. The first-order valence-electron chi connectivity index (χ1n) is 6.15. The van der Waals surface area contributed by atoms with Crippen LogP contribution in [0.25, 0.3) is 0 Å². The molecule has 90 valence electrons. The molecule has 1 aromatic heterocycles. The van der Waals surface area contributed by atoms with Crippen molar-refractivity contribution in [1.29, 1.82) is 0 Å². The van der Waals surface area contributed by atoms with Crippen LogP contribution >= 0.6 is 0 Å². The van der Waals surface area contributed by atoms with Gasteiger partial charge in [0.15, 0.2) is 0 Å². The summed E-state index contributed by atoms with van der Waals surface area (Å²) >= 11 is 0. The number of fused-ring (bicyclic) bond motifs is 2. The van der Waals surface area contributed by atoms with E-state index in [2.05, 4.69) is 16.8 Å². The van der Waals surface area contributed by atoms with Gasteiger partial charge in [0.1, 0.15) is 5.60 Å². The van der Waals surface area contributed by atoms with Gasteiger partial charge in [0.2, 0.25) is 0 Å². The van der Waals surface area contributed by atoms with Crippen LogP contribution in [0.5, 0.6) is 0 Å². The van der Waals surface area contributed by atoms with Gasteiger partial charge in [-0.2, -0.15) is 0 Å². The van der Waals surface area contributed by atoms with Gasteiger partial charge in [-0.25, -0.2) is 4.79 Å². The van der Waals surface area contributed by atoms with E-state index < -0.39 is 5.60 Å². The van der Waals surface area contributed by atoms with Gasteiger partial charge in [-0.3, -0.25) is 4.98 Å². The quantitative estimate of drug-likeness (QED) is 0.689. The minimum absolute atomic E-state index is 0.188. The molecule has 1 aromatic rings. The van der Waals surface area contributed by atoms with E-state index in [1.807, 2.05) is 0 Å². The molecular formula is C13H16N2O2. The van der Waals surface area contributed by atoms with Crippen molar-refractivity contribution >= 4 is 5.97 Å². The number of esters is 1. The van der Waals surface area contributed by atoms with Gasteiger partial charge < -0.3 is 9.64 Å². The summed E-state index contributed by atoms with van der Waals surface area (Å²) in [6.07, 6.45) is 5.21. The third kappa shape index (κ3) is 1.55. The van der Waals surface area contributed by atoms with Crippen molar-refractivity contribution in [3.63, 3.8) is 0 Å².